The first kappa shape index (κ1) is 18.2. The van der Waals surface area contributed by atoms with Crippen molar-refractivity contribution in [3.8, 4) is 6.07 Å². The van der Waals surface area contributed by atoms with Crippen molar-refractivity contribution in [2.45, 2.75) is 38.0 Å². The molecule has 2 aromatic rings. The van der Waals surface area contributed by atoms with Gasteiger partial charge in [-0.15, -0.1) is 0 Å². The number of anilines is 1. The number of nitriles is 1. The van der Waals surface area contributed by atoms with Gasteiger partial charge in [-0.05, 0) is 50.6 Å². The number of pyridine rings is 1. The van der Waals surface area contributed by atoms with Gasteiger partial charge in [0.05, 0.1) is 23.3 Å². The van der Waals surface area contributed by atoms with Gasteiger partial charge in [0.25, 0.3) is 0 Å². The van der Waals surface area contributed by atoms with Gasteiger partial charge < -0.3 is 15.4 Å². The minimum absolute atomic E-state index is 0.154. The number of rotatable bonds is 3. The van der Waals surface area contributed by atoms with Gasteiger partial charge in [0.15, 0.2) is 0 Å². The molecular formula is C21H27N5O. The Kier molecular flexibility index (Phi) is 5.26. The molecule has 1 aromatic carbocycles. The molecule has 2 aliphatic rings. The summed E-state index contributed by atoms with van der Waals surface area (Å²) in [5, 5.41) is 10.4. The zero-order valence-electron chi connectivity index (χ0n) is 15.8. The lowest BCUT2D eigenvalue weighted by atomic mass is 10.0. The highest BCUT2D eigenvalue weighted by Crippen LogP contribution is 2.30. The number of nitrogens with two attached hydrogens (primary N) is 1. The third-order valence-corrected chi connectivity index (χ3v) is 5.54. The largest absolute Gasteiger partial charge is 0.370 e. The molecule has 2 saturated heterocycles. The van der Waals surface area contributed by atoms with Crippen LogP contribution in [0.5, 0.6) is 0 Å². The Labute approximate surface area is 160 Å². The van der Waals surface area contributed by atoms with Crippen LogP contribution in [0.1, 0.15) is 25.3 Å². The average Bonchev–Trinajstić information content (AvgIpc) is 2.66. The van der Waals surface area contributed by atoms with E-state index in [2.05, 4.69) is 39.9 Å². The minimum atomic E-state index is 0.154. The van der Waals surface area contributed by atoms with Crippen molar-refractivity contribution in [1.29, 1.82) is 5.26 Å². The zero-order chi connectivity index (χ0) is 18.8. The highest BCUT2D eigenvalue weighted by atomic mass is 16.5. The zero-order valence-corrected chi connectivity index (χ0v) is 15.8. The van der Waals surface area contributed by atoms with Crippen LogP contribution in [-0.4, -0.2) is 60.9 Å². The second-order valence-electron chi connectivity index (χ2n) is 7.78. The van der Waals surface area contributed by atoms with E-state index in [-0.39, 0.29) is 18.2 Å². The standard InChI is InChI=1S/C21H27N5O/c1-15-11-26(14-18(27-15)13-25-9-3-4-17(23)12-25)20-7-6-16(10-22)21-19(20)5-2-8-24-21/h2,5-8,15,17-18H,3-4,9,11-14,23H2,1H3/t15-,17-,18-/m1/s1. The Morgan fingerprint density at radius 1 is 1.30 bits per heavy atom. The van der Waals surface area contributed by atoms with Crippen LogP contribution in [0.25, 0.3) is 10.9 Å². The van der Waals surface area contributed by atoms with Gasteiger partial charge in [-0.3, -0.25) is 9.88 Å². The minimum Gasteiger partial charge on any atom is -0.370 e. The van der Waals surface area contributed by atoms with Crippen molar-refractivity contribution in [2.75, 3.05) is 37.6 Å². The van der Waals surface area contributed by atoms with Crippen molar-refractivity contribution in [3.05, 3.63) is 36.0 Å². The number of hydrogen-bond donors (Lipinski definition) is 1. The predicted molar refractivity (Wildman–Crippen MR) is 107 cm³/mol. The average molecular weight is 365 g/mol. The quantitative estimate of drug-likeness (QED) is 0.898. The van der Waals surface area contributed by atoms with Crippen LogP contribution in [0.15, 0.2) is 30.5 Å². The van der Waals surface area contributed by atoms with E-state index in [1.54, 1.807) is 6.20 Å². The molecule has 0 amide bonds. The van der Waals surface area contributed by atoms with Gasteiger partial charge in [-0.2, -0.15) is 5.26 Å². The van der Waals surface area contributed by atoms with Gasteiger partial charge in [0.1, 0.15) is 6.07 Å². The lowest BCUT2D eigenvalue weighted by Gasteiger charge is -2.41. The summed E-state index contributed by atoms with van der Waals surface area (Å²) in [5.74, 6) is 0. The third kappa shape index (κ3) is 3.91. The summed E-state index contributed by atoms with van der Waals surface area (Å²) in [6, 6.07) is 10.4. The summed E-state index contributed by atoms with van der Waals surface area (Å²) in [7, 11) is 0. The molecule has 0 unspecified atom stereocenters. The van der Waals surface area contributed by atoms with Crippen LogP contribution in [0.4, 0.5) is 5.69 Å². The Balaban J connectivity index is 1.57. The van der Waals surface area contributed by atoms with Crippen molar-refractivity contribution in [1.82, 2.24) is 9.88 Å². The Hall–Kier alpha value is -2.20. The molecule has 2 fully saturated rings. The van der Waals surface area contributed by atoms with Crippen LogP contribution >= 0.6 is 0 Å². The van der Waals surface area contributed by atoms with E-state index in [0.29, 0.717) is 5.56 Å². The van der Waals surface area contributed by atoms with E-state index >= 15 is 0 Å². The summed E-state index contributed by atoms with van der Waals surface area (Å²) in [6.45, 7) is 6.79. The summed E-state index contributed by atoms with van der Waals surface area (Å²) in [6.07, 6.45) is 4.34. The summed E-state index contributed by atoms with van der Waals surface area (Å²) < 4.78 is 6.24. The topological polar surface area (TPSA) is 78.4 Å². The molecule has 4 rings (SSSR count). The number of fused-ring (bicyclic) bond motifs is 1. The Bertz CT molecular complexity index is 848. The fourth-order valence-electron chi connectivity index (χ4n) is 4.41. The molecule has 142 valence electrons. The molecule has 6 heteroatoms. The van der Waals surface area contributed by atoms with Crippen molar-refractivity contribution >= 4 is 16.6 Å². The molecule has 0 radical (unpaired) electrons. The number of ether oxygens (including phenoxy) is 1. The first-order chi connectivity index (χ1) is 13.1. The van der Waals surface area contributed by atoms with Crippen LogP contribution in [-0.2, 0) is 4.74 Å². The first-order valence-corrected chi connectivity index (χ1v) is 9.80. The number of aromatic nitrogens is 1. The van der Waals surface area contributed by atoms with E-state index in [0.717, 1.165) is 55.7 Å². The summed E-state index contributed by atoms with van der Waals surface area (Å²) in [4.78, 5) is 9.27. The number of nitrogens with zero attached hydrogens (tertiary/aromatic N) is 4. The van der Waals surface area contributed by atoms with Crippen LogP contribution < -0.4 is 10.6 Å². The monoisotopic (exact) mass is 365 g/mol. The number of benzene rings is 1. The molecule has 27 heavy (non-hydrogen) atoms. The maximum absolute atomic E-state index is 9.39. The maximum atomic E-state index is 9.39. The highest BCUT2D eigenvalue weighted by molar-refractivity contribution is 5.95. The predicted octanol–water partition coefficient (Wildman–Crippen LogP) is 2.12. The molecule has 3 atom stereocenters. The second kappa shape index (κ2) is 7.81. The lowest BCUT2D eigenvalue weighted by Crippen LogP contribution is -2.53. The molecule has 0 aliphatic carbocycles. The normalized spacial score (nSPS) is 26.9. The second-order valence-corrected chi connectivity index (χ2v) is 7.78. The fraction of sp³-hybridized carbons (Fsp3) is 0.524. The molecule has 1 aromatic heterocycles. The third-order valence-electron chi connectivity index (χ3n) is 5.54. The van der Waals surface area contributed by atoms with Gasteiger partial charge >= 0.3 is 0 Å². The van der Waals surface area contributed by atoms with Crippen molar-refractivity contribution < 1.29 is 4.74 Å². The van der Waals surface area contributed by atoms with Crippen LogP contribution in [0, 0.1) is 11.3 Å². The van der Waals surface area contributed by atoms with Gasteiger partial charge in [0.2, 0.25) is 0 Å². The van der Waals surface area contributed by atoms with Gasteiger partial charge in [0, 0.05) is 49.5 Å². The molecule has 6 nitrogen and oxygen atoms in total. The molecule has 2 aliphatic heterocycles. The summed E-state index contributed by atoms with van der Waals surface area (Å²) >= 11 is 0. The first-order valence-electron chi connectivity index (χ1n) is 9.80. The molecule has 0 spiro atoms. The van der Waals surface area contributed by atoms with E-state index in [9.17, 15) is 5.26 Å². The van der Waals surface area contributed by atoms with Crippen molar-refractivity contribution in [2.24, 2.45) is 5.73 Å². The van der Waals surface area contributed by atoms with E-state index in [4.69, 9.17) is 10.5 Å². The fourth-order valence-corrected chi connectivity index (χ4v) is 4.41. The molecular weight excluding hydrogens is 338 g/mol. The summed E-state index contributed by atoms with van der Waals surface area (Å²) in [5.41, 5.74) is 8.66. The van der Waals surface area contributed by atoms with E-state index < -0.39 is 0 Å². The number of likely N-dealkylation sites (tertiary alicyclic amines) is 1. The number of morpholine rings is 1. The highest BCUT2D eigenvalue weighted by Gasteiger charge is 2.29. The maximum Gasteiger partial charge on any atom is 0.101 e. The lowest BCUT2D eigenvalue weighted by molar-refractivity contribution is -0.0351. The molecule has 0 bridgehead atoms. The van der Waals surface area contributed by atoms with E-state index in [1.807, 2.05) is 12.1 Å². The van der Waals surface area contributed by atoms with E-state index in [1.165, 1.54) is 6.42 Å². The van der Waals surface area contributed by atoms with Crippen LogP contribution in [0.3, 0.4) is 0 Å². The smallest absolute Gasteiger partial charge is 0.101 e. The molecule has 0 saturated carbocycles. The van der Waals surface area contributed by atoms with Gasteiger partial charge in [-0.25, -0.2) is 0 Å². The van der Waals surface area contributed by atoms with Gasteiger partial charge in [-0.1, -0.05) is 0 Å². The van der Waals surface area contributed by atoms with Crippen LogP contribution in [0.2, 0.25) is 0 Å². The number of hydrogen-bond acceptors (Lipinski definition) is 6. The molecule has 3 heterocycles. The Morgan fingerprint density at radius 2 is 2.19 bits per heavy atom. The Morgan fingerprint density at radius 3 is 3.00 bits per heavy atom. The molecule has 2 N–H and O–H groups in total. The van der Waals surface area contributed by atoms with Crippen molar-refractivity contribution in [3.63, 3.8) is 0 Å². The number of piperidine rings is 1. The SMILES string of the molecule is C[C@@H]1CN(c2ccc(C#N)c3ncccc23)C[C@@H](CN2CCC[C@@H](N)C2)O1.